The third kappa shape index (κ3) is 6.06. The number of rotatable bonds is 9. The molecule has 1 rings (SSSR count). The summed E-state index contributed by atoms with van der Waals surface area (Å²) in [5, 5.41) is 3.41. The van der Waals surface area contributed by atoms with E-state index in [2.05, 4.69) is 37.4 Å². The van der Waals surface area contributed by atoms with Gasteiger partial charge in [0.15, 0.2) is 0 Å². The van der Waals surface area contributed by atoms with Crippen LogP contribution in [0.15, 0.2) is 24.3 Å². The lowest BCUT2D eigenvalue weighted by molar-refractivity contribution is 0.554. The highest BCUT2D eigenvalue weighted by molar-refractivity contribution is 7.91. The van der Waals surface area contributed by atoms with Crippen molar-refractivity contribution in [1.29, 1.82) is 0 Å². The third-order valence-corrected chi connectivity index (χ3v) is 5.29. The Bertz CT molecular complexity index is 497. The van der Waals surface area contributed by atoms with Gasteiger partial charge >= 0.3 is 0 Å². The lowest BCUT2D eigenvalue weighted by Crippen LogP contribution is -2.24. The van der Waals surface area contributed by atoms with Gasteiger partial charge in [0.05, 0.1) is 5.75 Å². The van der Waals surface area contributed by atoms with E-state index in [1.807, 2.05) is 6.07 Å². The van der Waals surface area contributed by atoms with Crippen LogP contribution in [0.1, 0.15) is 43.7 Å². The van der Waals surface area contributed by atoms with E-state index in [-0.39, 0.29) is 17.4 Å². The molecule has 1 unspecified atom stereocenters. The van der Waals surface area contributed by atoms with Crippen molar-refractivity contribution in [3.63, 3.8) is 0 Å². The Labute approximate surface area is 123 Å². The Kier molecular flexibility index (Phi) is 7.24. The minimum Gasteiger partial charge on any atom is -0.316 e. The van der Waals surface area contributed by atoms with Crippen molar-refractivity contribution in [1.82, 2.24) is 5.32 Å². The van der Waals surface area contributed by atoms with Crippen LogP contribution in [0, 0.1) is 6.92 Å². The SMILES string of the molecule is CCCNCC(CCS(=O)(=O)CC)c1cccc(C)c1. The van der Waals surface area contributed by atoms with Crippen LogP contribution in [0.2, 0.25) is 0 Å². The topological polar surface area (TPSA) is 46.2 Å². The molecule has 1 N–H and O–H groups in total. The molecule has 0 radical (unpaired) electrons. The van der Waals surface area contributed by atoms with E-state index in [0.717, 1.165) is 19.5 Å². The second kappa shape index (κ2) is 8.42. The Balaban J connectivity index is 2.74. The predicted octanol–water partition coefficient (Wildman–Crippen LogP) is 2.90. The first-order chi connectivity index (χ1) is 9.48. The Hall–Kier alpha value is -0.870. The molecule has 20 heavy (non-hydrogen) atoms. The first-order valence-corrected chi connectivity index (χ1v) is 9.28. The fourth-order valence-electron chi connectivity index (χ4n) is 2.23. The molecule has 0 aliphatic rings. The monoisotopic (exact) mass is 297 g/mol. The summed E-state index contributed by atoms with van der Waals surface area (Å²) >= 11 is 0. The van der Waals surface area contributed by atoms with E-state index in [4.69, 9.17) is 0 Å². The number of hydrogen-bond acceptors (Lipinski definition) is 3. The van der Waals surface area contributed by atoms with Gasteiger partial charge in [-0.05, 0) is 37.8 Å². The molecule has 0 heterocycles. The van der Waals surface area contributed by atoms with Crippen LogP contribution in [-0.2, 0) is 9.84 Å². The molecule has 0 aromatic heterocycles. The van der Waals surface area contributed by atoms with Gasteiger partial charge in [0.25, 0.3) is 0 Å². The van der Waals surface area contributed by atoms with Crippen LogP contribution in [0.25, 0.3) is 0 Å². The molecule has 4 heteroatoms. The standard InChI is InChI=1S/C16H27NO2S/c1-4-10-17-13-16(9-11-20(18,19)5-2)15-8-6-7-14(3)12-15/h6-8,12,16-17H,4-5,9-11,13H2,1-3H3. The van der Waals surface area contributed by atoms with Crippen LogP contribution in [-0.4, -0.2) is 33.0 Å². The molecular formula is C16H27NO2S. The van der Waals surface area contributed by atoms with Crippen molar-refractivity contribution in [2.24, 2.45) is 0 Å². The smallest absolute Gasteiger partial charge is 0.150 e. The summed E-state index contributed by atoms with van der Waals surface area (Å²) < 4.78 is 23.4. The van der Waals surface area contributed by atoms with Gasteiger partial charge in [-0.2, -0.15) is 0 Å². The summed E-state index contributed by atoms with van der Waals surface area (Å²) in [5.74, 6) is 0.772. The molecule has 0 bridgehead atoms. The summed E-state index contributed by atoms with van der Waals surface area (Å²) in [6.07, 6.45) is 1.78. The second-order valence-corrected chi connectivity index (χ2v) is 7.81. The van der Waals surface area contributed by atoms with E-state index >= 15 is 0 Å². The van der Waals surface area contributed by atoms with E-state index in [1.54, 1.807) is 6.92 Å². The molecule has 0 saturated heterocycles. The van der Waals surface area contributed by atoms with Crippen LogP contribution in [0.4, 0.5) is 0 Å². The zero-order chi connectivity index (χ0) is 15.0. The second-order valence-electron chi connectivity index (χ2n) is 5.34. The average molecular weight is 297 g/mol. The molecule has 0 saturated carbocycles. The summed E-state index contributed by atoms with van der Waals surface area (Å²) in [4.78, 5) is 0. The predicted molar refractivity (Wildman–Crippen MR) is 86.0 cm³/mol. The quantitative estimate of drug-likeness (QED) is 0.713. The fraction of sp³-hybridized carbons (Fsp3) is 0.625. The summed E-state index contributed by atoms with van der Waals surface area (Å²) in [7, 11) is -2.89. The molecule has 0 fully saturated rings. The number of hydrogen-bond donors (Lipinski definition) is 1. The first kappa shape index (κ1) is 17.2. The Morgan fingerprint density at radius 2 is 2.00 bits per heavy atom. The van der Waals surface area contributed by atoms with Crippen molar-refractivity contribution < 1.29 is 8.42 Å². The number of nitrogens with one attached hydrogen (secondary N) is 1. The largest absolute Gasteiger partial charge is 0.316 e. The van der Waals surface area contributed by atoms with E-state index in [9.17, 15) is 8.42 Å². The lowest BCUT2D eigenvalue weighted by Gasteiger charge is -2.18. The Morgan fingerprint density at radius 3 is 2.60 bits per heavy atom. The van der Waals surface area contributed by atoms with Gasteiger partial charge in [0.2, 0.25) is 0 Å². The average Bonchev–Trinajstić information content (AvgIpc) is 2.42. The maximum absolute atomic E-state index is 11.7. The molecule has 1 atom stereocenters. The van der Waals surface area contributed by atoms with Crippen molar-refractivity contribution in [3.05, 3.63) is 35.4 Å². The van der Waals surface area contributed by atoms with Crippen molar-refractivity contribution in [2.45, 2.75) is 39.5 Å². The molecule has 1 aromatic carbocycles. The van der Waals surface area contributed by atoms with Gasteiger partial charge in [-0.3, -0.25) is 0 Å². The summed E-state index contributed by atoms with van der Waals surface area (Å²) in [6, 6.07) is 8.38. The minimum atomic E-state index is -2.89. The highest BCUT2D eigenvalue weighted by Crippen LogP contribution is 2.21. The highest BCUT2D eigenvalue weighted by Gasteiger charge is 2.16. The highest BCUT2D eigenvalue weighted by atomic mass is 32.2. The molecule has 0 aliphatic heterocycles. The molecular weight excluding hydrogens is 270 g/mol. The van der Waals surface area contributed by atoms with Gasteiger partial charge in [0, 0.05) is 12.3 Å². The molecule has 1 aromatic rings. The van der Waals surface area contributed by atoms with E-state index < -0.39 is 9.84 Å². The summed E-state index contributed by atoms with van der Waals surface area (Å²) in [5.41, 5.74) is 2.46. The van der Waals surface area contributed by atoms with Crippen LogP contribution in [0.3, 0.4) is 0 Å². The van der Waals surface area contributed by atoms with Crippen LogP contribution in [0.5, 0.6) is 0 Å². The normalized spacial score (nSPS) is 13.3. The van der Waals surface area contributed by atoms with Gasteiger partial charge in [-0.1, -0.05) is 43.7 Å². The number of aryl methyl sites for hydroxylation is 1. The zero-order valence-corrected chi connectivity index (χ0v) is 13.7. The Morgan fingerprint density at radius 1 is 1.25 bits per heavy atom. The van der Waals surface area contributed by atoms with Crippen molar-refractivity contribution in [3.8, 4) is 0 Å². The minimum absolute atomic E-state index is 0.232. The maximum atomic E-state index is 11.7. The zero-order valence-electron chi connectivity index (χ0n) is 12.9. The van der Waals surface area contributed by atoms with Gasteiger partial charge in [0.1, 0.15) is 9.84 Å². The molecule has 0 aliphatic carbocycles. The number of sulfone groups is 1. The lowest BCUT2D eigenvalue weighted by atomic mass is 9.95. The van der Waals surface area contributed by atoms with Gasteiger partial charge in [-0.25, -0.2) is 8.42 Å². The van der Waals surface area contributed by atoms with E-state index in [1.165, 1.54) is 11.1 Å². The maximum Gasteiger partial charge on any atom is 0.150 e. The summed E-state index contributed by atoms with van der Waals surface area (Å²) in [6.45, 7) is 7.74. The van der Waals surface area contributed by atoms with E-state index in [0.29, 0.717) is 6.42 Å². The van der Waals surface area contributed by atoms with Crippen molar-refractivity contribution >= 4 is 9.84 Å². The van der Waals surface area contributed by atoms with Crippen LogP contribution >= 0.6 is 0 Å². The molecule has 0 amide bonds. The molecule has 114 valence electrons. The molecule has 3 nitrogen and oxygen atoms in total. The van der Waals surface area contributed by atoms with Gasteiger partial charge in [-0.15, -0.1) is 0 Å². The third-order valence-electron chi connectivity index (χ3n) is 3.55. The van der Waals surface area contributed by atoms with Gasteiger partial charge < -0.3 is 5.32 Å². The molecule has 0 spiro atoms. The first-order valence-electron chi connectivity index (χ1n) is 7.46. The fourth-order valence-corrected chi connectivity index (χ4v) is 3.16. The van der Waals surface area contributed by atoms with Crippen molar-refractivity contribution in [2.75, 3.05) is 24.6 Å². The van der Waals surface area contributed by atoms with Crippen LogP contribution < -0.4 is 5.32 Å². The number of benzene rings is 1.